The Labute approximate surface area is 130 Å². The highest BCUT2D eigenvalue weighted by Gasteiger charge is 2.15. The maximum Gasteiger partial charge on any atom is 0.191 e. The lowest BCUT2D eigenvalue weighted by atomic mass is 10.2. The van der Waals surface area contributed by atoms with E-state index in [0.717, 1.165) is 11.9 Å². The average Bonchev–Trinajstić information content (AvgIpc) is 2.96. The molecule has 0 radical (unpaired) electrons. The van der Waals surface area contributed by atoms with Gasteiger partial charge in [-0.25, -0.2) is 4.39 Å². The molecule has 1 aromatic heterocycles. The van der Waals surface area contributed by atoms with Gasteiger partial charge in [-0.15, -0.1) is 0 Å². The molecule has 0 aliphatic rings. The van der Waals surface area contributed by atoms with Crippen molar-refractivity contribution in [2.75, 3.05) is 18.9 Å². The zero-order valence-electron chi connectivity index (χ0n) is 11.9. The molecule has 3 rings (SSSR count). The molecule has 3 aromatic rings. The summed E-state index contributed by atoms with van der Waals surface area (Å²) in [5, 5.41) is 4.66. The zero-order valence-corrected chi connectivity index (χ0v) is 12.7. The second kappa shape index (κ2) is 6.15. The smallest absolute Gasteiger partial charge is 0.191 e. The largest absolute Gasteiger partial charge is 0.496 e. The van der Waals surface area contributed by atoms with Crippen molar-refractivity contribution in [2.24, 2.45) is 0 Å². The van der Waals surface area contributed by atoms with Gasteiger partial charge in [0.1, 0.15) is 27.6 Å². The van der Waals surface area contributed by atoms with Crippen LogP contribution in [0.3, 0.4) is 0 Å². The standard InChI is InChI=1S/C15H13FN2O3S/c1-19-10-6-4-7-11-13(10)15(17-21-11)18-22-14-9(16)5-3-8-12(14)20-2/h3-8H,1-2H3,(H,17,18). The van der Waals surface area contributed by atoms with Gasteiger partial charge in [0.25, 0.3) is 0 Å². The maximum absolute atomic E-state index is 13.9. The van der Waals surface area contributed by atoms with Crippen molar-refractivity contribution in [1.29, 1.82) is 0 Å². The van der Waals surface area contributed by atoms with Crippen LogP contribution in [0.2, 0.25) is 0 Å². The summed E-state index contributed by atoms with van der Waals surface area (Å²) in [5.74, 6) is 1.15. The zero-order chi connectivity index (χ0) is 15.5. The lowest BCUT2D eigenvalue weighted by molar-refractivity contribution is 0.397. The number of halogens is 1. The number of ether oxygens (including phenoxy) is 2. The number of nitrogens with zero attached hydrogens (tertiary/aromatic N) is 1. The first kappa shape index (κ1) is 14.5. The van der Waals surface area contributed by atoms with E-state index in [1.807, 2.05) is 6.07 Å². The third kappa shape index (κ3) is 2.55. The van der Waals surface area contributed by atoms with Crippen LogP contribution in [-0.2, 0) is 0 Å². The van der Waals surface area contributed by atoms with Gasteiger partial charge < -0.3 is 18.7 Å². The van der Waals surface area contributed by atoms with E-state index < -0.39 is 0 Å². The van der Waals surface area contributed by atoms with E-state index >= 15 is 0 Å². The molecule has 0 bridgehead atoms. The predicted octanol–water partition coefficient (Wildman–Crippen LogP) is 4.10. The normalized spacial score (nSPS) is 10.7. The predicted molar refractivity (Wildman–Crippen MR) is 83.0 cm³/mol. The minimum atomic E-state index is -0.378. The summed E-state index contributed by atoms with van der Waals surface area (Å²) in [6, 6.07) is 10.0. The molecule has 1 heterocycles. The second-order valence-corrected chi connectivity index (χ2v) is 5.16. The fourth-order valence-electron chi connectivity index (χ4n) is 2.05. The summed E-state index contributed by atoms with van der Waals surface area (Å²) in [4.78, 5) is 0.344. The molecule has 1 N–H and O–H groups in total. The first-order chi connectivity index (χ1) is 10.7. The monoisotopic (exact) mass is 320 g/mol. The highest BCUT2D eigenvalue weighted by Crippen LogP contribution is 2.37. The molecule has 0 fully saturated rings. The molecule has 5 nitrogen and oxygen atoms in total. The molecule has 2 aromatic carbocycles. The molecule has 0 aliphatic carbocycles. The molecular formula is C15H13FN2O3S. The Kier molecular flexibility index (Phi) is 4.06. The number of methoxy groups -OCH3 is 2. The van der Waals surface area contributed by atoms with Crippen molar-refractivity contribution in [1.82, 2.24) is 5.16 Å². The molecule has 0 amide bonds. The van der Waals surface area contributed by atoms with Gasteiger partial charge in [-0.3, -0.25) is 0 Å². The number of hydrogen-bond donors (Lipinski definition) is 1. The van der Waals surface area contributed by atoms with Crippen LogP contribution in [0.5, 0.6) is 11.5 Å². The van der Waals surface area contributed by atoms with E-state index in [-0.39, 0.29) is 5.82 Å². The van der Waals surface area contributed by atoms with Gasteiger partial charge >= 0.3 is 0 Å². The van der Waals surface area contributed by atoms with Crippen molar-refractivity contribution >= 4 is 28.7 Å². The van der Waals surface area contributed by atoms with Gasteiger partial charge in [0.15, 0.2) is 11.4 Å². The number of hydrogen-bond acceptors (Lipinski definition) is 6. The van der Waals surface area contributed by atoms with Gasteiger partial charge in [-0.05, 0) is 36.2 Å². The molecule has 0 aliphatic heterocycles. The topological polar surface area (TPSA) is 56.5 Å². The Morgan fingerprint density at radius 1 is 1.09 bits per heavy atom. The lowest BCUT2D eigenvalue weighted by Crippen LogP contribution is -1.94. The van der Waals surface area contributed by atoms with Gasteiger partial charge in [0.2, 0.25) is 0 Å². The number of fused-ring (bicyclic) bond motifs is 1. The number of benzene rings is 2. The van der Waals surface area contributed by atoms with E-state index in [4.69, 9.17) is 14.0 Å². The SMILES string of the molecule is COc1cccc(F)c1SNc1noc2cccc(OC)c12. The lowest BCUT2D eigenvalue weighted by Gasteiger charge is -2.09. The van der Waals surface area contributed by atoms with Crippen molar-refractivity contribution in [3.63, 3.8) is 0 Å². The van der Waals surface area contributed by atoms with Crippen LogP contribution < -0.4 is 14.2 Å². The number of aromatic nitrogens is 1. The Morgan fingerprint density at radius 3 is 2.59 bits per heavy atom. The molecule has 0 spiro atoms. The number of anilines is 1. The van der Waals surface area contributed by atoms with Crippen LogP contribution in [0.15, 0.2) is 45.8 Å². The van der Waals surface area contributed by atoms with Crippen LogP contribution in [0.4, 0.5) is 10.2 Å². The van der Waals surface area contributed by atoms with Gasteiger partial charge in [-0.1, -0.05) is 17.3 Å². The van der Waals surface area contributed by atoms with E-state index in [1.54, 1.807) is 31.4 Å². The highest BCUT2D eigenvalue weighted by molar-refractivity contribution is 8.00. The van der Waals surface area contributed by atoms with Crippen molar-refractivity contribution < 1.29 is 18.4 Å². The van der Waals surface area contributed by atoms with Crippen LogP contribution in [0.25, 0.3) is 11.0 Å². The molecule has 0 atom stereocenters. The van der Waals surface area contributed by atoms with E-state index in [0.29, 0.717) is 33.2 Å². The van der Waals surface area contributed by atoms with Crippen LogP contribution in [-0.4, -0.2) is 19.4 Å². The molecule has 0 saturated carbocycles. The Bertz CT molecular complexity index is 807. The van der Waals surface area contributed by atoms with Gasteiger partial charge in [0, 0.05) is 0 Å². The molecule has 0 unspecified atom stereocenters. The van der Waals surface area contributed by atoms with E-state index in [2.05, 4.69) is 9.88 Å². The molecule has 22 heavy (non-hydrogen) atoms. The minimum absolute atomic E-state index is 0.344. The first-order valence-electron chi connectivity index (χ1n) is 6.42. The third-order valence-electron chi connectivity index (χ3n) is 3.08. The summed E-state index contributed by atoms with van der Waals surface area (Å²) < 4.78 is 32.6. The van der Waals surface area contributed by atoms with Gasteiger partial charge in [0.05, 0.1) is 14.2 Å². The molecule has 114 valence electrons. The number of nitrogens with one attached hydrogen (secondary N) is 1. The highest BCUT2D eigenvalue weighted by atomic mass is 32.2. The number of rotatable bonds is 5. The Morgan fingerprint density at radius 2 is 1.82 bits per heavy atom. The van der Waals surface area contributed by atoms with Crippen LogP contribution >= 0.6 is 11.9 Å². The van der Waals surface area contributed by atoms with Crippen LogP contribution in [0.1, 0.15) is 0 Å². The Hall–Kier alpha value is -2.41. The quantitative estimate of drug-likeness (QED) is 0.714. The molecular weight excluding hydrogens is 307 g/mol. The fraction of sp³-hybridized carbons (Fsp3) is 0.133. The second-order valence-electron chi connectivity index (χ2n) is 4.34. The van der Waals surface area contributed by atoms with Crippen molar-refractivity contribution in [3.8, 4) is 11.5 Å². The third-order valence-corrected chi connectivity index (χ3v) is 3.98. The molecule has 7 heteroatoms. The van der Waals surface area contributed by atoms with E-state index in [9.17, 15) is 4.39 Å². The first-order valence-corrected chi connectivity index (χ1v) is 7.24. The summed E-state index contributed by atoms with van der Waals surface area (Å²) in [5.41, 5.74) is 0.586. The Balaban J connectivity index is 1.92. The summed E-state index contributed by atoms with van der Waals surface area (Å²) in [6.07, 6.45) is 0. The van der Waals surface area contributed by atoms with E-state index in [1.165, 1.54) is 13.2 Å². The average molecular weight is 320 g/mol. The fourth-order valence-corrected chi connectivity index (χ4v) is 2.80. The molecule has 0 saturated heterocycles. The van der Waals surface area contributed by atoms with Crippen molar-refractivity contribution in [2.45, 2.75) is 4.90 Å². The van der Waals surface area contributed by atoms with Crippen LogP contribution in [0, 0.1) is 5.82 Å². The maximum atomic E-state index is 13.9. The summed E-state index contributed by atoms with van der Waals surface area (Å²) in [6.45, 7) is 0. The summed E-state index contributed by atoms with van der Waals surface area (Å²) >= 11 is 1.06. The van der Waals surface area contributed by atoms with Gasteiger partial charge in [-0.2, -0.15) is 0 Å². The minimum Gasteiger partial charge on any atom is -0.496 e. The van der Waals surface area contributed by atoms with Crippen molar-refractivity contribution in [3.05, 3.63) is 42.2 Å². The summed E-state index contributed by atoms with van der Waals surface area (Å²) in [7, 11) is 3.06.